The fraction of sp³-hybridized carbons (Fsp3) is 0.200. The number of methoxy groups -OCH3 is 2. The molecule has 0 saturated carbocycles. The first-order chi connectivity index (χ1) is 20.4. The highest BCUT2D eigenvalue weighted by atomic mass is 35.5. The SMILES string of the molecule is COc1ccc(C2C3=C(CC(c4ccc(C)cc4)CC3=O)Nc3ccccc3N2C(=O)c2ccc(Cl)cc2)cc1OC. The Balaban J connectivity index is 1.57. The van der Waals surface area contributed by atoms with Crippen molar-refractivity contribution >= 4 is 34.7 Å². The number of hydrogen-bond acceptors (Lipinski definition) is 5. The summed E-state index contributed by atoms with van der Waals surface area (Å²) in [7, 11) is 3.15. The molecule has 1 aliphatic heterocycles. The molecule has 6 nitrogen and oxygen atoms in total. The molecule has 0 saturated heterocycles. The lowest BCUT2D eigenvalue weighted by atomic mass is 9.78. The van der Waals surface area contributed by atoms with Gasteiger partial charge in [0, 0.05) is 28.3 Å². The van der Waals surface area contributed by atoms with E-state index in [9.17, 15) is 9.59 Å². The van der Waals surface area contributed by atoms with E-state index in [0.717, 1.165) is 22.5 Å². The third-order valence-corrected chi connectivity index (χ3v) is 8.32. The second kappa shape index (κ2) is 11.4. The Hall–Kier alpha value is -4.55. The Bertz CT molecular complexity index is 1700. The maximum absolute atomic E-state index is 14.5. The fourth-order valence-corrected chi connectivity index (χ4v) is 6.08. The summed E-state index contributed by atoms with van der Waals surface area (Å²) >= 11 is 6.17. The first kappa shape index (κ1) is 27.6. The third kappa shape index (κ3) is 5.03. The number of carbonyl (C=O) groups is 2. The smallest absolute Gasteiger partial charge is 0.259 e. The number of fused-ring (bicyclic) bond motifs is 1. The van der Waals surface area contributed by atoms with Crippen LogP contribution in [0.5, 0.6) is 11.5 Å². The summed E-state index contributed by atoms with van der Waals surface area (Å²) in [4.78, 5) is 30.5. The molecule has 0 fully saturated rings. The van der Waals surface area contributed by atoms with Gasteiger partial charge in [0.05, 0.1) is 31.6 Å². The van der Waals surface area contributed by atoms with Crippen LogP contribution >= 0.6 is 11.6 Å². The third-order valence-electron chi connectivity index (χ3n) is 8.07. The maximum atomic E-state index is 14.5. The fourth-order valence-electron chi connectivity index (χ4n) is 5.96. The van der Waals surface area contributed by atoms with E-state index in [1.165, 1.54) is 5.56 Å². The Morgan fingerprint density at radius 1 is 0.857 bits per heavy atom. The minimum atomic E-state index is -0.717. The number of amides is 1. The molecule has 1 N–H and O–H groups in total. The van der Waals surface area contributed by atoms with Crippen molar-refractivity contribution in [1.82, 2.24) is 0 Å². The van der Waals surface area contributed by atoms with E-state index < -0.39 is 6.04 Å². The summed E-state index contributed by atoms with van der Waals surface area (Å²) in [5.74, 6) is 0.842. The van der Waals surface area contributed by atoms with E-state index in [4.69, 9.17) is 21.1 Å². The van der Waals surface area contributed by atoms with Gasteiger partial charge in [-0.3, -0.25) is 14.5 Å². The lowest BCUT2D eigenvalue weighted by Gasteiger charge is -2.35. The van der Waals surface area contributed by atoms with Crippen LogP contribution in [0, 0.1) is 6.92 Å². The molecule has 6 rings (SSSR count). The van der Waals surface area contributed by atoms with Crippen LogP contribution in [0.15, 0.2) is 102 Å². The Morgan fingerprint density at radius 2 is 1.55 bits per heavy atom. The molecule has 4 aromatic carbocycles. The quantitative estimate of drug-likeness (QED) is 0.261. The Morgan fingerprint density at radius 3 is 2.26 bits per heavy atom. The number of rotatable bonds is 5. The topological polar surface area (TPSA) is 67.9 Å². The number of hydrogen-bond donors (Lipinski definition) is 1. The number of para-hydroxylation sites is 2. The number of ketones is 1. The van der Waals surface area contributed by atoms with Crippen LogP contribution in [-0.4, -0.2) is 25.9 Å². The number of Topliss-reactive ketones (excluding diaryl/α,β-unsaturated/α-hetero) is 1. The molecule has 2 aliphatic rings. The van der Waals surface area contributed by atoms with Crippen molar-refractivity contribution < 1.29 is 19.1 Å². The molecule has 0 spiro atoms. The van der Waals surface area contributed by atoms with Gasteiger partial charge in [0.2, 0.25) is 0 Å². The number of aryl methyl sites for hydroxylation is 1. The van der Waals surface area contributed by atoms with E-state index in [1.54, 1.807) is 43.4 Å². The van der Waals surface area contributed by atoms with Gasteiger partial charge in [0.1, 0.15) is 0 Å². The summed E-state index contributed by atoms with van der Waals surface area (Å²) in [5, 5.41) is 4.12. The second-order valence-corrected chi connectivity index (χ2v) is 11.1. The van der Waals surface area contributed by atoms with Crippen molar-refractivity contribution in [3.05, 3.63) is 130 Å². The van der Waals surface area contributed by atoms with E-state index >= 15 is 0 Å². The number of ether oxygens (including phenoxy) is 2. The summed E-state index contributed by atoms with van der Waals surface area (Å²) in [6, 6.07) is 27.7. The normalized spacial score (nSPS) is 18.0. The zero-order chi connectivity index (χ0) is 29.4. The van der Waals surface area contributed by atoms with Crippen molar-refractivity contribution in [2.24, 2.45) is 0 Å². The van der Waals surface area contributed by atoms with Crippen LogP contribution in [-0.2, 0) is 4.79 Å². The number of benzene rings is 4. The second-order valence-electron chi connectivity index (χ2n) is 10.7. The van der Waals surface area contributed by atoms with Gasteiger partial charge in [-0.15, -0.1) is 0 Å². The molecule has 0 radical (unpaired) electrons. The lowest BCUT2D eigenvalue weighted by molar-refractivity contribution is -0.116. The number of allylic oxidation sites excluding steroid dienone is 1. The number of carbonyl (C=O) groups excluding carboxylic acids is 2. The standard InChI is InChI=1S/C35H31ClN2O4/c1-21-8-10-22(11-9-21)25-18-28-33(30(39)19-25)34(24-14-17-31(41-2)32(20-24)42-3)38(29-7-5-4-6-27(29)37-28)35(40)23-12-15-26(36)16-13-23/h4-17,20,25,34,37H,18-19H2,1-3H3. The van der Waals surface area contributed by atoms with E-state index in [-0.39, 0.29) is 17.6 Å². The molecule has 1 heterocycles. The van der Waals surface area contributed by atoms with Gasteiger partial charge in [0.25, 0.3) is 5.91 Å². The van der Waals surface area contributed by atoms with Gasteiger partial charge >= 0.3 is 0 Å². The first-order valence-corrected chi connectivity index (χ1v) is 14.3. The molecule has 7 heteroatoms. The number of nitrogens with zero attached hydrogens (tertiary/aromatic N) is 1. The molecule has 212 valence electrons. The van der Waals surface area contributed by atoms with Crippen LogP contribution in [0.2, 0.25) is 5.02 Å². The molecule has 1 aliphatic carbocycles. The van der Waals surface area contributed by atoms with E-state index in [0.29, 0.717) is 46.2 Å². The van der Waals surface area contributed by atoms with Crippen LogP contribution in [0.3, 0.4) is 0 Å². The molecule has 2 atom stereocenters. The Labute approximate surface area is 250 Å². The molecule has 0 aromatic heterocycles. The predicted octanol–water partition coefficient (Wildman–Crippen LogP) is 7.88. The summed E-state index contributed by atoms with van der Waals surface area (Å²) in [6.07, 6.45) is 0.970. The van der Waals surface area contributed by atoms with Crippen molar-refractivity contribution in [2.45, 2.75) is 31.7 Å². The minimum Gasteiger partial charge on any atom is -0.493 e. The van der Waals surface area contributed by atoms with Gasteiger partial charge in [-0.25, -0.2) is 0 Å². The number of halogens is 1. The largest absolute Gasteiger partial charge is 0.493 e. The zero-order valence-corrected chi connectivity index (χ0v) is 24.4. The molecule has 2 unspecified atom stereocenters. The number of anilines is 2. The molecule has 4 aromatic rings. The predicted molar refractivity (Wildman–Crippen MR) is 166 cm³/mol. The molecular weight excluding hydrogens is 548 g/mol. The van der Waals surface area contributed by atoms with E-state index in [2.05, 4.69) is 36.5 Å². The molecular formula is C35H31ClN2O4. The average molecular weight is 579 g/mol. The van der Waals surface area contributed by atoms with Crippen molar-refractivity contribution in [2.75, 3.05) is 24.4 Å². The van der Waals surface area contributed by atoms with Crippen LogP contribution in [0.4, 0.5) is 11.4 Å². The van der Waals surface area contributed by atoms with Crippen molar-refractivity contribution in [3.8, 4) is 11.5 Å². The van der Waals surface area contributed by atoms with Gasteiger partial charge in [-0.05, 0) is 78.9 Å². The minimum absolute atomic E-state index is 0.00387. The summed E-state index contributed by atoms with van der Waals surface area (Å²) < 4.78 is 11.2. The van der Waals surface area contributed by atoms with Crippen LogP contribution in [0.1, 0.15) is 51.8 Å². The molecule has 42 heavy (non-hydrogen) atoms. The summed E-state index contributed by atoms with van der Waals surface area (Å²) in [6.45, 7) is 2.06. The summed E-state index contributed by atoms with van der Waals surface area (Å²) in [5.41, 5.74) is 6.31. The van der Waals surface area contributed by atoms with Gasteiger partial charge in [0.15, 0.2) is 17.3 Å². The van der Waals surface area contributed by atoms with Crippen molar-refractivity contribution in [1.29, 1.82) is 0 Å². The molecule has 0 bridgehead atoms. The highest BCUT2D eigenvalue weighted by molar-refractivity contribution is 6.30. The Kier molecular flexibility index (Phi) is 7.48. The zero-order valence-electron chi connectivity index (χ0n) is 23.7. The van der Waals surface area contributed by atoms with Crippen LogP contribution in [0.25, 0.3) is 0 Å². The number of nitrogens with one attached hydrogen (secondary N) is 1. The highest BCUT2D eigenvalue weighted by Crippen LogP contribution is 2.48. The highest BCUT2D eigenvalue weighted by Gasteiger charge is 2.42. The van der Waals surface area contributed by atoms with Gasteiger partial charge in [-0.2, -0.15) is 0 Å². The van der Waals surface area contributed by atoms with Crippen LogP contribution < -0.4 is 19.7 Å². The van der Waals surface area contributed by atoms with Gasteiger partial charge in [-0.1, -0.05) is 59.6 Å². The van der Waals surface area contributed by atoms with Crippen molar-refractivity contribution in [3.63, 3.8) is 0 Å². The average Bonchev–Trinajstić information content (AvgIpc) is 3.15. The maximum Gasteiger partial charge on any atom is 0.259 e. The lowest BCUT2D eigenvalue weighted by Crippen LogP contribution is -2.38. The monoisotopic (exact) mass is 578 g/mol. The molecule has 1 amide bonds. The van der Waals surface area contributed by atoms with E-state index in [1.807, 2.05) is 42.5 Å². The van der Waals surface area contributed by atoms with Gasteiger partial charge < -0.3 is 14.8 Å². The first-order valence-electron chi connectivity index (χ1n) is 13.9.